The fourth-order valence-electron chi connectivity index (χ4n) is 3.98. The lowest BCUT2D eigenvalue weighted by Gasteiger charge is -2.30. The number of halogens is 2. The standard InChI is InChI=1S/C20H23Cl2NO3/c1-12-18(20(25)26-11-13-6-3-2-4-7-13)15(10-17(24)23-12)14-8-5-9-16(21)19(14)22/h5,8-9,13,15,18H,2-4,6-7,10-11H2,1H3. The third kappa shape index (κ3) is 4.29. The summed E-state index contributed by atoms with van der Waals surface area (Å²) in [5.74, 6) is -1.15. The molecule has 0 N–H and O–H groups in total. The molecule has 1 aromatic carbocycles. The summed E-state index contributed by atoms with van der Waals surface area (Å²) < 4.78 is 5.64. The Hall–Kier alpha value is -1.39. The normalized spacial score (nSPS) is 24.3. The van der Waals surface area contributed by atoms with Crippen LogP contribution in [0.2, 0.25) is 10.0 Å². The van der Waals surface area contributed by atoms with Crippen molar-refractivity contribution in [3.05, 3.63) is 33.8 Å². The molecule has 1 fully saturated rings. The van der Waals surface area contributed by atoms with Gasteiger partial charge in [0.05, 0.1) is 16.7 Å². The monoisotopic (exact) mass is 395 g/mol. The molecule has 1 heterocycles. The second-order valence-electron chi connectivity index (χ2n) is 7.21. The molecule has 6 heteroatoms. The van der Waals surface area contributed by atoms with Crippen molar-refractivity contribution in [1.29, 1.82) is 0 Å². The largest absolute Gasteiger partial charge is 0.465 e. The van der Waals surface area contributed by atoms with Crippen LogP contribution < -0.4 is 0 Å². The molecule has 4 nitrogen and oxygen atoms in total. The van der Waals surface area contributed by atoms with Gasteiger partial charge in [-0.05, 0) is 37.3 Å². The molecule has 0 bridgehead atoms. The van der Waals surface area contributed by atoms with E-state index in [2.05, 4.69) is 4.99 Å². The molecule has 0 saturated heterocycles. The Labute approximate surface area is 163 Å². The fraction of sp³-hybridized carbons (Fsp3) is 0.550. The first-order valence-corrected chi connectivity index (χ1v) is 9.91. The summed E-state index contributed by atoms with van der Waals surface area (Å²) in [6.07, 6.45) is 5.99. The van der Waals surface area contributed by atoms with E-state index in [-0.39, 0.29) is 18.3 Å². The van der Waals surface area contributed by atoms with E-state index in [0.29, 0.717) is 33.8 Å². The predicted octanol–water partition coefficient (Wildman–Crippen LogP) is 5.21. The van der Waals surface area contributed by atoms with E-state index in [1.807, 2.05) is 6.07 Å². The Kier molecular flexibility index (Phi) is 6.36. The number of carbonyl (C=O) groups is 2. The van der Waals surface area contributed by atoms with E-state index >= 15 is 0 Å². The van der Waals surface area contributed by atoms with Crippen LogP contribution in [-0.4, -0.2) is 24.2 Å². The molecule has 0 spiro atoms. The minimum Gasteiger partial charge on any atom is -0.465 e. The van der Waals surface area contributed by atoms with Crippen molar-refractivity contribution < 1.29 is 14.3 Å². The van der Waals surface area contributed by atoms with Gasteiger partial charge >= 0.3 is 5.97 Å². The number of rotatable bonds is 4. The highest BCUT2D eigenvalue weighted by molar-refractivity contribution is 6.42. The number of hydrogen-bond acceptors (Lipinski definition) is 3. The van der Waals surface area contributed by atoms with E-state index in [4.69, 9.17) is 27.9 Å². The number of carbonyl (C=O) groups excluding carboxylic acids is 2. The van der Waals surface area contributed by atoms with Gasteiger partial charge in [-0.25, -0.2) is 4.99 Å². The Morgan fingerprint density at radius 3 is 2.69 bits per heavy atom. The van der Waals surface area contributed by atoms with Gasteiger partial charge in [0, 0.05) is 18.1 Å². The zero-order chi connectivity index (χ0) is 18.7. The molecule has 1 amide bonds. The first-order valence-electron chi connectivity index (χ1n) is 9.16. The lowest BCUT2D eigenvalue weighted by atomic mass is 9.79. The van der Waals surface area contributed by atoms with Gasteiger partial charge in [0.2, 0.25) is 5.91 Å². The molecule has 2 aliphatic rings. The molecule has 140 valence electrons. The third-order valence-electron chi connectivity index (χ3n) is 5.37. The molecule has 2 unspecified atom stereocenters. The van der Waals surface area contributed by atoms with Crippen molar-refractivity contribution in [2.24, 2.45) is 16.8 Å². The number of esters is 1. The number of benzene rings is 1. The highest BCUT2D eigenvalue weighted by Gasteiger charge is 2.39. The Bertz CT molecular complexity index is 726. The van der Waals surface area contributed by atoms with Gasteiger partial charge in [0.1, 0.15) is 5.92 Å². The molecule has 3 rings (SSSR count). The summed E-state index contributed by atoms with van der Waals surface area (Å²) in [6.45, 7) is 2.14. The number of amides is 1. The van der Waals surface area contributed by atoms with Crippen LogP contribution in [0.5, 0.6) is 0 Å². The van der Waals surface area contributed by atoms with Crippen molar-refractivity contribution in [3.63, 3.8) is 0 Å². The van der Waals surface area contributed by atoms with Crippen LogP contribution in [0.4, 0.5) is 0 Å². The van der Waals surface area contributed by atoms with Gasteiger partial charge in [-0.15, -0.1) is 0 Å². The average molecular weight is 396 g/mol. The summed E-state index contributed by atoms with van der Waals surface area (Å²) in [7, 11) is 0. The number of hydrogen-bond donors (Lipinski definition) is 0. The molecule has 1 aromatic rings. The van der Waals surface area contributed by atoms with Crippen LogP contribution in [0.1, 0.15) is 56.9 Å². The molecule has 0 radical (unpaired) electrons. The Morgan fingerprint density at radius 2 is 1.96 bits per heavy atom. The first kappa shape index (κ1) is 19.4. The Balaban J connectivity index is 1.80. The highest BCUT2D eigenvalue weighted by atomic mass is 35.5. The summed E-state index contributed by atoms with van der Waals surface area (Å²) in [6, 6.07) is 5.28. The van der Waals surface area contributed by atoms with Gasteiger partial charge in [-0.2, -0.15) is 0 Å². The van der Waals surface area contributed by atoms with Crippen molar-refractivity contribution in [2.45, 2.75) is 51.4 Å². The number of ether oxygens (including phenoxy) is 1. The highest BCUT2D eigenvalue weighted by Crippen LogP contribution is 2.40. The van der Waals surface area contributed by atoms with Crippen LogP contribution >= 0.6 is 23.2 Å². The molecule has 1 aliphatic heterocycles. The van der Waals surface area contributed by atoms with E-state index in [9.17, 15) is 9.59 Å². The lowest BCUT2D eigenvalue weighted by molar-refractivity contribution is -0.148. The van der Waals surface area contributed by atoms with Crippen molar-refractivity contribution in [2.75, 3.05) is 6.61 Å². The van der Waals surface area contributed by atoms with Crippen molar-refractivity contribution in [1.82, 2.24) is 0 Å². The number of nitrogens with zero attached hydrogens (tertiary/aromatic N) is 1. The summed E-state index contributed by atoms with van der Waals surface area (Å²) in [4.78, 5) is 28.9. The smallest absolute Gasteiger partial charge is 0.315 e. The average Bonchev–Trinajstić information content (AvgIpc) is 2.62. The molecule has 1 saturated carbocycles. The van der Waals surface area contributed by atoms with E-state index in [0.717, 1.165) is 12.8 Å². The van der Waals surface area contributed by atoms with Crippen LogP contribution in [-0.2, 0) is 14.3 Å². The van der Waals surface area contributed by atoms with E-state index < -0.39 is 11.8 Å². The SMILES string of the molecule is CC1=NC(=O)CC(c2cccc(Cl)c2Cl)C1C(=O)OCC1CCCCC1. The van der Waals surface area contributed by atoms with Gasteiger partial charge in [-0.1, -0.05) is 54.6 Å². The van der Waals surface area contributed by atoms with Gasteiger partial charge < -0.3 is 4.74 Å². The lowest BCUT2D eigenvalue weighted by Crippen LogP contribution is -2.36. The van der Waals surface area contributed by atoms with Crippen LogP contribution in [0.25, 0.3) is 0 Å². The minimum absolute atomic E-state index is 0.126. The topological polar surface area (TPSA) is 55.7 Å². The summed E-state index contributed by atoms with van der Waals surface area (Å²) >= 11 is 12.5. The Morgan fingerprint density at radius 1 is 1.23 bits per heavy atom. The van der Waals surface area contributed by atoms with Crippen LogP contribution in [0.3, 0.4) is 0 Å². The molecule has 1 aliphatic carbocycles. The number of aliphatic imine (C=N–C) groups is 1. The molecule has 26 heavy (non-hydrogen) atoms. The maximum atomic E-state index is 12.8. The first-order chi connectivity index (χ1) is 12.5. The molecular weight excluding hydrogens is 373 g/mol. The summed E-state index contributed by atoms with van der Waals surface area (Å²) in [5, 5.41) is 0.790. The molecule has 0 aromatic heterocycles. The minimum atomic E-state index is -0.604. The zero-order valence-corrected chi connectivity index (χ0v) is 16.4. The van der Waals surface area contributed by atoms with E-state index in [1.165, 1.54) is 19.3 Å². The summed E-state index contributed by atoms with van der Waals surface area (Å²) in [5.41, 5.74) is 1.18. The third-order valence-corrected chi connectivity index (χ3v) is 6.20. The maximum absolute atomic E-state index is 12.8. The predicted molar refractivity (Wildman–Crippen MR) is 103 cm³/mol. The van der Waals surface area contributed by atoms with Crippen molar-refractivity contribution in [3.8, 4) is 0 Å². The fourth-order valence-corrected chi connectivity index (χ4v) is 4.43. The zero-order valence-electron chi connectivity index (χ0n) is 14.8. The van der Waals surface area contributed by atoms with Gasteiger partial charge in [0.25, 0.3) is 0 Å². The quantitative estimate of drug-likeness (QED) is 0.657. The second-order valence-corrected chi connectivity index (χ2v) is 8.00. The van der Waals surface area contributed by atoms with Gasteiger partial charge in [-0.3, -0.25) is 9.59 Å². The van der Waals surface area contributed by atoms with Crippen LogP contribution in [0.15, 0.2) is 23.2 Å². The maximum Gasteiger partial charge on any atom is 0.315 e. The molecule has 2 atom stereocenters. The second kappa shape index (κ2) is 8.53. The van der Waals surface area contributed by atoms with Crippen LogP contribution in [0, 0.1) is 11.8 Å². The molecular formula is C20H23Cl2NO3. The van der Waals surface area contributed by atoms with Gasteiger partial charge in [0.15, 0.2) is 0 Å². The van der Waals surface area contributed by atoms with Crippen molar-refractivity contribution >= 4 is 40.8 Å². The van der Waals surface area contributed by atoms with E-state index in [1.54, 1.807) is 19.1 Å².